The highest BCUT2D eigenvalue weighted by atomic mass is 16.5. The summed E-state index contributed by atoms with van der Waals surface area (Å²) in [6.45, 7) is 5.72. The second kappa shape index (κ2) is 8.98. The van der Waals surface area contributed by atoms with Crippen LogP contribution in [0.1, 0.15) is 32.8 Å². The van der Waals surface area contributed by atoms with Gasteiger partial charge in [-0.15, -0.1) is 0 Å². The van der Waals surface area contributed by atoms with Crippen LogP contribution in [-0.2, 0) is 16.0 Å². The number of anilines is 2. The number of hydrogen-bond donors (Lipinski definition) is 1. The van der Waals surface area contributed by atoms with Gasteiger partial charge in [-0.1, -0.05) is 25.1 Å². The Hall–Kier alpha value is -3.35. The Morgan fingerprint density at radius 2 is 1.83 bits per heavy atom. The summed E-state index contributed by atoms with van der Waals surface area (Å²) in [5.74, 6) is -0.192. The molecule has 1 atom stereocenters. The van der Waals surface area contributed by atoms with E-state index in [0.717, 1.165) is 11.3 Å². The van der Waals surface area contributed by atoms with Crippen LogP contribution in [0.2, 0.25) is 0 Å². The highest BCUT2D eigenvalue weighted by molar-refractivity contribution is 6.22. The van der Waals surface area contributed by atoms with Gasteiger partial charge in [-0.2, -0.15) is 0 Å². The van der Waals surface area contributed by atoms with Crippen molar-refractivity contribution in [3.63, 3.8) is 0 Å². The Bertz CT molecular complexity index is 940. The van der Waals surface area contributed by atoms with E-state index in [4.69, 9.17) is 4.74 Å². The van der Waals surface area contributed by atoms with E-state index in [1.807, 2.05) is 38.1 Å². The van der Waals surface area contributed by atoms with Crippen molar-refractivity contribution in [2.24, 2.45) is 0 Å². The molecule has 7 nitrogen and oxygen atoms in total. The Morgan fingerprint density at radius 1 is 1.13 bits per heavy atom. The standard InChI is InChI=1S/C23H27N3O4/c1-5-16-9-11-17(12-10-16)24-21(27)14-20-22(28)26(23(29)25(20)15(2)3)18-7-6-8-19(13-18)30-4/h6-13,15,20H,5,14H2,1-4H3,(H,24,27)/t20-/m0/s1. The zero-order valence-corrected chi connectivity index (χ0v) is 17.7. The van der Waals surface area contributed by atoms with E-state index in [2.05, 4.69) is 12.2 Å². The molecule has 0 unspecified atom stereocenters. The Labute approximate surface area is 176 Å². The number of carbonyl (C=O) groups excluding carboxylic acids is 3. The van der Waals surface area contributed by atoms with Crippen LogP contribution in [0.3, 0.4) is 0 Å². The molecule has 3 rings (SSSR count). The molecule has 0 aliphatic carbocycles. The molecular formula is C23H27N3O4. The fourth-order valence-electron chi connectivity index (χ4n) is 3.58. The number of aryl methyl sites for hydroxylation is 1. The first-order chi connectivity index (χ1) is 14.3. The fourth-order valence-corrected chi connectivity index (χ4v) is 3.58. The van der Waals surface area contributed by atoms with Gasteiger partial charge < -0.3 is 15.0 Å². The predicted molar refractivity (Wildman–Crippen MR) is 116 cm³/mol. The molecule has 1 heterocycles. The molecule has 7 heteroatoms. The van der Waals surface area contributed by atoms with Crippen molar-refractivity contribution in [1.29, 1.82) is 0 Å². The molecule has 1 N–H and O–H groups in total. The molecule has 1 aliphatic heterocycles. The van der Waals surface area contributed by atoms with Crippen molar-refractivity contribution >= 4 is 29.2 Å². The first-order valence-corrected chi connectivity index (χ1v) is 10.0. The van der Waals surface area contributed by atoms with Crippen LogP contribution in [0, 0.1) is 0 Å². The van der Waals surface area contributed by atoms with E-state index in [0.29, 0.717) is 17.1 Å². The lowest BCUT2D eigenvalue weighted by atomic mass is 10.1. The first kappa shape index (κ1) is 21.4. The lowest BCUT2D eigenvalue weighted by Crippen LogP contribution is -2.42. The van der Waals surface area contributed by atoms with Crippen molar-refractivity contribution in [2.45, 2.75) is 45.7 Å². The van der Waals surface area contributed by atoms with Crippen molar-refractivity contribution in [3.8, 4) is 5.75 Å². The number of ether oxygens (including phenoxy) is 1. The van der Waals surface area contributed by atoms with Gasteiger partial charge in [0.25, 0.3) is 5.91 Å². The number of nitrogens with one attached hydrogen (secondary N) is 1. The summed E-state index contributed by atoms with van der Waals surface area (Å²) >= 11 is 0. The number of methoxy groups -OCH3 is 1. The van der Waals surface area contributed by atoms with Crippen molar-refractivity contribution in [3.05, 3.63) is 54.1 Å². The maximum Gasteiger partial charge on any atom is 0.332 e. The van der Waals surface area contributed by atoms with Gasteiger partial charge in [-0.05, 0) is 50.1 Å². The molecule has 2 aromatic carbocycles. The molecule has 2 aromatic rings. The van der Waals surface area contributed by atoms with E-state index < -0.39 is 18.0 Å². The van der Waals surface area contributed by atoms with E-state index in [-0.39, 0.29) is 18.4 Å². The maximum absolute atomic E-state index is 13.1. The van der Waals surface area contributed by atoms with Crippen molar-refractivity contribution in [1.82, 2.24) is 4.90 Å². The number of amides is 4. The number of carbonyl (C=O) groups is 3. The average Bonchev–Trinajstić information content (AvgIpc) is 2.98. The number of urea groups is 1. The molecule has 1 saturated heterocycles. The highest BCUT2D eigenvalue weighted by Gasteiger charge is 2.47. The monoisotopic (exact) mass is 409 g/mol. The molecule has 158 valence electrons. The summed E-state index contributed by atoms with van der Waals surface area (Å²) in [4.78, 5) is 41.4. The van der Waals surface area contributed by atoms with Crippen molar-refractivity contribution < 1.29 is 19.1 Å². The summed E-state index contributed by atoms with van der Waals surface area (Å²) < 4.78 is 5.21. The van der Waals surface area contributed by atoms with Crippen LogP contribution in [-0.4, -0.2) is 41.9 Å². The van der Waals surface area contributed by atoms with Crippen LogP contribution in [0.5, 0.6) is 5.75 Å². The summed E-state index contributed by atoms with van der Waals surface area (Å²) in [5.41, 5.74) is 2.26. The van der Waals surface area contributed by atoms with Gasteiger partial charge >= 0.3 is 6.03 Å². The van der Waals surface area contributed by atoms with E-state index in [1.165, 1.54) is 17.6 Å². The van der Waals surface area contributed by atoms with Gasteiger partial charge in [0.2, 0.25) is 5.91 Å². The zero-order chi connectivity index (χ0) is 21.8. The maximum atomic E-state index is 13.1. The number of rotatable bonds is 7. The summed E-state index contributed by atoms with van der Waals surface area (Å²) in [6, 6.07) is 12.8. The first-order valence-electron chi connectivity index (χ1n) is 10.0. The number of benzene rings is 2. The summed E-state index contributed by atoms with van der Waals surface area (Å²) in [7, 11) is 1.52. The molecule has 0 bridgehead atoms. The topological polar surface area (TPSA) is 79.0 Å². The van der Waals surface area contributed by atoms with Gasteiger partial charge in [0.1, 0.15) is 11.8 Å². The minimum absolute atomic E-state index is 0.112. The smallest absolute Gasteiger partial charge is 0.332 e. The minimum atomic E-state index is -0.862. The Kier molecular flexibility index (Phi) is 6.40. The lowest BCUT2D eigenvalue weighted by molar-refractivity contribution is -0.124. The summed E-state index contributed by atoms with van der Waals surface area (Å²) in [6.07, 6.45) is 0.801. The van der Waals surface area contributed by atoms with Gasteiger partial charge in [-0.3, -0.25) is 9.59 Å². The predicted octanol–water partition coefficient (Wildman–Crippen LogP) is 3.83. The third-order valence-corrected chi connectivity index (χ3v) is 5.15. The van der Waals surface area contributed by atoms with Gasteiger partial charge in [0.15, 0.2) is 0 Å². The molecule has 1 aliphatic rings. The van der Waals surface area contributed by atoms with E-state index in [9.17, 15) is 14.4 Å². The molecule has 0 spiro atoms. The normalized spacial score (nSPS) is 16.4. The quantitative estimate of drug-likeness (QED) is 0.705. The van der Waals surface area contributed by atoms with Gasteiger partial charge in [0.05, 0.1) is 19.2 Å². The van der Waals surface area contributed by atoms with Crippen LogP contribution in [0.25, 0.3) is 0 Å². The fraction of sp³-hybridized carbons (Fsp3) is 0.348. The summed E-state index contributed by atoms with van der Waals surface area (Å²) in [5, 5.41) is 2.82. The second-order valence-corrected chi connectivity index (χ2v) is 7.48. The third-order valence-electron chi connectivity index (χ3n) is 5.15. The third kappa shape index (κ3) is 4.30. The molecule has 4 amide bonds. The SMILES string of the molecule is CCc1ccc(NC(=O)C[C@H]2C(=O)N(c3cccc(OC)c3)C(=O)N2C(C)C)cc1. The number of nitrogens with zero attached hydrogens (tertiary/aromatic N) is 2. The molecular weight excluding hydrogens is 382 g/mol. The molecule has 0 saturated carbocycles. The number of hydrogen-bond acceptors (Lipinski definition) is 4. The Morgan fingerprint density at radius 3 is 2.43 bits per heavy atom. The number of imide groups is 1. The van der Waals surface area contributed by atoms with Gasteiger partial charge in [0, 0.05) is 17.8 Å². The van der Waals surface area contributed by atoms with Crippen LogP contribution in [0.15, 0.2) is 48.5 Å². The van der Waals surface area contributed by atoms with Gasteiger partial charge in [-0.25, -0.2) is 9.69 Å². The largest absolute Gasteiger partial charge is 0.497 e. The molecule has 0 aromatic heterocycles. The second-order valence-electron chi connectivity index (χ2n) is 7.48. The van der Waals surface area contributed by atoms with Crippen LogP contribution in [0.4, 0.5) is 16.2 Å². The molecule has 1 fully saturated rings. The van der Waals surface area contributed by atoms with E-state index >= 15 is 0 Å². The van der Waals surface area contributed by atoms with Crippen molar-refractivity contribution in [2.75, 3.05) is 17.3 Å². The highest BCUT2D eigenvalue weighted by Crippen LogP contribution is 2.30. The lowest BCUT2D eigenvalue weighted by Gasteiger charge is -2.25. The minimum Gasteiger partial charge on any atom is -0.497 e. The molecule has 30 heavy (non-hydrogen) atoms. The average molecular weight is 409 g/mol. The Balaban J connectivity index is 1.80. The zero-order valence-electron chi connectivity index (χ0n) is 17.7. The van der Waals surface area contributed by atoms with Crippen LogP contribution >= 0.6 is 0 Å². The van der Waals surface area contributed by atoms with E-state index in [1.54, 1.807) is 24.3 Å². The van der Waals surface area contributed by atoms with Crippen LogP contribution < -0.4 is 15.0 Å². The molecule has 0 radical (unpaired) electrons.